The Balaban J connectivity index is 2.01. The molecule has 7 heteroatoms. The van der Waals surface area contributed by atoms with Crippen LogP contribution in [-0.4, -0.2) is 21.2 Å². The number of oxime groups is 1. The van der Waals surface area contributed by atoms with E-state index in [0.29, 0.717) is 21.4 Å². The lowest BCUT2D eigenvalue weighted by molar-refractivity contribution is -0.115. The van der Waals surface area contributed by atoms with Crippen molar-refractivity contribution < 1.29 is 10.0 Å². The molecule has 5 nitrogen and oxygen atoms in total. The average Bonchev–Trinajstić information content (AvgIpc) is 2.79. The predicted molar refractivity (Wildman–Crippen MR) is 84.6 cm³/mol. The average molecular weight is 324 g/mol. The van der Waals surface area contributed by atoms with E-state index in [-0.39, 0.29) is 12.3 Å². The van der Waals surface area contributed by atoms with E-state index in [9.17, 15) is 4.79 Å². The number of carbonyl (C=O) groups is 1. The third-order valence-corrected chi connectivity index (χ3v) is 4.36. The van der Waals surface area contributed by atoms with Gasteiger partial charge in [0.15, 0.2) is 0 Å². The first kappa shape index (κ1) is 15.5. The summed E-state index contributed by atoms with van der Waals surface area (Å²) in [7, 11) is 0. The highest BCUT2D eigenvalue weighted by Crippen LogP contribution is 2.29. The Morgan fingerprint density at radius 2 is 2.10 bits per heavy atom. The van der Waals surface area contributed by atoms with Gasteiger partial charge in [-0.2, -0.15) is 4.37 Å². The first-order valence-electron chi connectivity index (χ1n) is 6.21. The van der Waals surface area contributed by atoms with Crippen LogP contribution in [0.4, 0.5) is 5.00 Å². The van der Waals surface area contributed by atoms with Gasteiger partial charge in [0, 0.05) is 0 Å². The van der Waals surface area contributed by atoms with Gasteiger partial charge in [-0.05, 0) is 36.5 Å². The molecule has 0 saturated heterocycles. The van der Waals surface area contributed by atoms with Gasteiger partial charge in [0.1, 0.15) is 5.00 Å². The molecule has 1 aromatic carbocycles. The van der Waals surface area contributed by atoms with Crippen molar-refractivity contribution >= 4 is 39.8 Å². The van der Waals surface area contributed by atoms with E-state index in [1.54, 1.807) is 13.8 Å². The fraction of sp³-hybridized carbons (Fsp3) is 0.214. The minimum Gasteiger partial charge on any atom is -0.411 e. The second-order valence-corrected chi connectivity index (χ2v) is 5.67. The summed E-state index contributed by atoms with van der Waals surface area (Å²) in [5, 5.41) is 15.6. The molecule has 2 aromatic rings. The minimum absolute atomic E-state index is 0.152. The zero-order valence-electron chi connectivity index (χ0n) is 11.6. The molecule has 1 amide bonds. The number of carbonyl (C=O) groups excluding carboxylic acids is 1. The Morgan fingerprint density at radius 1 is 1.43 bits per heavy atom. The number of aryl methyl sites for hydroxylation is 1. The molecule has 0 bridgehead atoms. The second kappa shape index (κ2) is 6.69. The molecule has 110 valence electrons. The first-order chi connectivity index (χ1) is 10.0. The molecule has 1 aromatic heterocycles. The van der Waals surface area contributed by atoms with E-state index < -0.39 is 0 Å². The number of rotatable bonds is 4. The molecule has 0 aliphatic carbocycles. The molecule has 1 heterocycles. The number of nitrogens with one attached hydrogen (secondary N) is 1. The normalized spacial score (nSPS) is 11.5. The van der Waals surface area contributed by atoms with Gasteiger partial charge >= 0.3 is 0 Å². The number of benzene rings is 1. The smallest absolute Gasteiger partial charge is 0.229 e. The van der Waals surface area contributed by atoms with Crippen LogP contribution in [0, 0.1) is 6.92 Å². The molecule has 0 aliphatic heterocycles. The highest BCUT2D eigenvalue weighted by molar-refractivity contribution is 7.11. The van der Waals surface area contributed by atoms with E-state index in [1.807, 2.05) is 24.3 Å². The highest BCUT2D eigenvalue weighted by atomic mass is 35.5. The van der Waals surface area contributed by atoms with Gasteiger partial charge in [0.25, 0.3) is 0 Å². The SMILES string of the molecule is C/C(=N\O)c1ccc(CC(=O)Nc2snc(C)c2Cl)cc1. The van der Waals surface area contributed by atoms with E-state index in [4.69, 9.17) is 16.8 Å². The van der Waals surface area contributed by atoms with Crippen molar-refractivity contribution in [2.75, 3.05) is 5.32 Å². The lowest BCUT2D eigenvalue weighted by Gasteiger charge is -2.04. The Labute approximate surface area is 131 Å². The van der Waals surface area contributed by atoms with Crippen LogP contribution in [0.25, 0.3) is 0 Å². The molecule has 0 fully saturated rings. The zero-order chi connectivity index (χ0) is 15.4. The van der Waals surface area contributed by atoms with Gasteiger partial charge in [-0.1, -0.05) is 41.0 Å². The number of halogens is 1. The minimum atomic E-state index is -0.152. The summed E-state index contributed by atoms with van der Waals surface area (Å²) in [6, 6.07) is 7.26. The van der Waals surface area contributed by atoms with Crippen LogP contribution >= 0.6 is 23.1 Å². The van der Waals surface area contributed by atoms with Crippen molar-refractivity contribution in [3.05, 3.63) is 46.1 Å². The lowest BCUT2D eigenvalue weighted by atomic mass is 10.1. The van der Waals surface area contributed by atoms with E-state index in [2.05, 4.69) is 14.8 Å². The largest absolute Gasteiger partial charge is 0.411 e. The van der Waals surface area contributed by atoms with E-state index >= 15 is 0 Å². The van der Waals surface area contributed by atoms with Crippen molar-refractivity contribution in [1.29, 1.82) is 0 Å². The van der Waals surface area contributed by atoms with Crippen LogP contribution in [0.5, 0.6) is 0 Å². The van der Waals surface area contributed by atoms with Crippen LogP contribution in [-0.2, 0) is 11.2 Å². The Kier molecular flexibility index (Phi) is 4.93. The van der Waals surface area contributed by atoms with Crippen molar-refractivity contribution in [1.82, 2.24) is 4.37 Å². The van der Waals surface area contributed by atoms with Crippen LogP contribution in [0.1, 0.15) is 23.7 Å². The van der Waals surface area contributed by atoms with Crippen molar-refractivity contribution in [2.45, 2.75) is 20.3 Å². The highest BCUT2D eigenvalue weighted by Gasteiger charge is 2.11. The fourth-order valence-electron chi connectivity index (χ4n) is 1.71. The molecule has 0 radical (unpaired) electrons. The molecule has 0 spiro atoms. The number of hydrogen-bond acceptors (Lipinski definition) is 5. The van der Waals surface area contributed by atoms with Crippen LogP contribution in [0.15, 0.2) is 29.4 Å². The third-order valence-electron chi connectivity index (χ3n) is 2.93. The molecular formula is C14H14ClN3O2S. The standard InChI is InChI=1S/C14H14ClN3O2S/c1-8(17-20)11-5-3-10(4-6-11)7-12(19)16-14-13(15)9(2)18-21-14/h3-6,20H,7H2,1-2H3,(H,16,19)/b17-8+. The zero-order valence-corrected chi connectivity index (χ0v) is 13.1. The number of hydrogen-bond donors (Lipinski definition) is 2. The van der Waals surface area contributed by atoms with Crippen LogP contribution in [0.3, 0.4) is 0 Å². The third kappa shape index (κ3) is 3.80. The van der Waals surface area contributed by atoms with Gasteiger partial charge in [0.2, 0.25) is 5.91 Å². The monoisotopic (exact) mass is 323 g/mol. The van der Waals surface area contributed by atoms with Gasteiger partial charge in [-0.25, -0.2) is 0 Å². The maximum Gasteiger partial charge on any atom is 0.229 e. The summed E-state index contributed by atoms with van der Waals surface area (Å²) in [4.78, 5) is 12.0. The van der Waals surface area contributed by atoms with Gasteiger partial charge < -0.3 is 10.5 Å². The quantitative estimate of drug-likeness (QED) is 0.514. The molecule has 2 N–H and O–H groups in total. The lowest BCUT2D eigenvalue weighted by Crippen LogP contribution is -2.13. The molecule has 0 unspecified atom stereocenters. The molecule has 21 heavy (non-hydrogen) atoms. The van der Waals surface area contributed by atoms with Gasteiger partial charge in [-0.15, -0.1) is 0 Å². The fourth-order valence-corrected chi connectivity index (χ4v) is 2.66. The topological polar surface area (TPSA) is 74.6 Å². The summed E-state index contributed by atoms with van der Waals surface area (Å²) in [6.07, 6.45) is 0.239. The van der Waals surface area contributed by atoms with E-state index in [1.165, 1.54) is 11.5 Å². The number of amides is 1. The van der Waals surface area contributed by atoms with Gasteiger partial charge in [0.05, 0.1) is 22.8 Å². The van der Waals surface area contributed by atoms with Crippen LogP contribution < -0.4 is 5.32 Å². The first-order valence-corrected chi connectivity index (χ1v) is 7.36. The maximum absolute atomic E-state index is 12.0. The Bertz CT molecular complexity index is 680. The molecule has 0 aliphatic rings. The number of aromatic nitrogens is 1. The summed E-state index contributed by atoms with van der Waals surface area (Å²) in [5.41, 5.74) is 2.90. The summed E-state index contributed by atoms with van der Waals surface area (Å²) in [6.45, 7) is 3.49. The summed E-state index contributed by atoms with van der Waals surface area (Å²) in [5.74, 6) is -0.152. The molecule has 0 atom stereocenters. The molecule has 0 saturated carbocycles. The summed E-state index contributed by atoms with van der Waals surface area (Å²) < 4.78 is 4.07. The van der Waals surface area contributed by atoms with E-state index in [0.717, 1.165) is 11.1 Å². The molecule has 2 rings (SSSR count). The van der Waals surface area contributed by atoms with Crippen molar-refractivity contribution in [3.63, 3.8) is 0 Å². The van der Waals surface area contributed by atoms with Crippen LogP contribution in [0.2, 0.25) is 5.02 Å². The predicted octanol–water partition coefficient (Wildman–Crippen LogP) is 3.48. The molecular weight excluding hydrogens is 310 g/mol. The second-order valence-electron chi connectivity index (χ2n) is 4.52. The maximum atomic E-state index is 12.0. The number of anilines is 1. The van der Waals surface area contributed by atoms with Crippen molar-refractivity contribution in [2.24, 2.45) is 5.16 Å². The Morgan fingerprint density at radius 3 is 2.62 bits per heavy atom. The van der Waals surface area contributed by atoms with Crippen molar-refractivity contribution in [3.8, 4) is 0 Å². The summed E-state index contributed by atoms with van der Waals surface area (Å²) >= 11 is 7.19. The number of nitrogens with zero attached hydrogens (tertiary/aromatic N) is 2. The Hall–Kier alpha value is -1.92. The van der Waals surface area contributed by atoms with Gasteiger partial charge in [-0.3, -0.25) is 4.79 Å².